The van der Waals surface area contributed by atoms with Gasteiger partial charge >= 0.3 is 5.97 Å². The third-order valence-electron chi connectivity index (χ3n) is 3.33. The topological polar surface area (TPSA) is 92.7 Å². The van der Waals surface area contributed by atoms with Crippen LogP contribution in [0.15, 0.2) is 29.2 Å². The maximum absolute atomic E-state index is 12.5. The van der Waals surface area contributed by atoms with E-state index in [0.29, 0.717) is 6.42 Å². The number of aliphatic hydroxyl groups excluding tert-OH is 1. The lowest BCUT2D eigenvalue weighted by molar-refractivity contribution is 0.0600. The molecule has 7 heteroatoms. The van der Waals surface area contributed by atoms with Gasteiger partial charge in [-0.15, -0.1) is 0 Å². The van der Waals surface area contributed by atoms with Crippen molar-refractivity contribution in [1.29, 1.82) is 0 Å². The van der Waals surface area contributed by atoms with Crippen molar-refractivity contribution in [2.45, 2.75) is 38.1 Å². The molecule has 1 aromatic rings. The normalized spacial score (nSPS) is 13.7. The van der Waals surface area contributed by atoms with Crippen LogP contribution in [0.5, 0.6) is 0 Å². The molecule has 0 spiro atoms. The molecule has 0 radical (unpaired) electrons. The summed E-state index contributed by atoms with van der Waals surface area (Å²) >= 11 is 0. The van der Waals surface area contributed by atoms with E-state index in [1.165, 1.54) is 31.4 Å². The molecule has 0 heterocycles. The summed E-state index contributed by atoms with van der Waals surface area (Å²) in [5, 5.41) is 9.12. The van der Waals surface area contributed by atoms with Gasteiger partial charge in [-0.2, -0.15) is 0 Å². The van der Waals surface area contributed by atoms with Gasteiger partial charge in [0.05, 0.1) is 17.6 Å². The van der Waals surface area contributed by atoms with Crippen LogP contribution in [0.3, 0.4) is 0 Å². The van der Waals surface area contributed by atoms with Crippen molar-refractivity contribution in [3.05, 3.63) is 29.8 Å². The first-order valence-corrected chi connectivity index (χ1v) is 8.41. The van der Waals surface area contributed by atoms with E-state index in [0.717, 1.165) is 0 Å². The highest BCUT2D eigenvalue weighted by Crippen LogP contribution is 2.24. The van der Waals surface area contributed by atoms with E-state index in [1.54, 1.807) is 0 Å². The molecule has 0 aliphatic heterocycles. The molecule has 1 aromatic carbocycles. The molecular weight excluding hydrogens is 306 g/mol. The van der Waals surface area contributed by atoms with Crippen molar-refractivity contribution >= 4 is 16.0 Å². The Morgan fingerprint density at radius 2 is 2.00 bits per heavy atom. The Morgan fingerprint density at radius 3 is 2.50 bits per heavy atom. The zero-order valence-corrected chi connectivity index (χ0v) is 14.1. The van der Waals surface area contributed by atoms with Crippen molar-refractivity contribution in [1.82, 2.24) is 4.72 Å². The molecule has 0 unspecified atom stereocenters. The number of carbonyl (C=O) groups is 1. The molecule has 0 amide bonds. The van der Waals surface area contributed by atoms with Gasteiger partial charge in [0.25, 0.3) is 0 Å². The van der Waals surface area contributed by atoms with E-state index in [1.807, 2.05) is 20.8 Å². The molecule has 0 aromatic heterocycles. The number of sulfonamides is 1. The van der Waals surface area contributed by atoms with Gasteiger partial charge in [0.2, 0.25) is 10.0 Å². The number of aliphatic hydroxyl groups is 1. The number of benzene rings is 1. The number of hydrogen-bond acceptors (Lipinski definition) is 5. The molecule has 6 nitrogen and oxygen atoms in total. The van der Waals surface area contributed by atoms with Crippen LogP contribution in [0.1, 0.15) is 37.6 Å². The van der Waals surface area contributed by atoms with E-state index < -0.39 is 22.0 Å². The number of carbonyl (C=O) groups excluding carboxylic acids is 1. The van der Waals surface area contributed by atoms with Crippen molar-refractivity contribution in [2.24, 2.45) is 5.41 Å². The quantitative estimate of drug-likeness (QED) is 0.773. The number of rotatable bonds is 6. The highest BCUT2D eigenvalue weighted by atomic mass is 32.2. The minimum Gasteiger partial charge on any atom is -0.465 e. The number of hydrogen-bond donors (Lipinski definition) is 2. The Labute approximate surface area is 131 Å². The number of methoxy groups -OCH3 is 1. The molecule has 0 saturated heterocycles. The van der Waals surface area contributed by atoms with E-state index >= 15 is 0 Å². The summed E-state index contributed by atoms with van der Waals surface area (Å²) < 4.78 is 32.2. The van der Waals surface area contributed by atoms with Gasteiger partial charge in [-0.05, 0) is 30.0 Å². The molecule has 1 atom stereocenters. The summed E-state index contributed by atoms with van der Waals surface area (Å²) in [6, 6.07) is 5.23. The zero-order valence-electron chi connectivity index (χ0n) is 13.3. The number of esters is 1. The van der Waals surface area contributed by atoms with Crippen LogP contribution in [0.2, 0.25) is 0 Å². The van der Waals surface area contributed by atoms with Crippen LogP contribution < -0.4 is 4.72 Å². The highest BCUT2D eigenvalue weighted by Gasteiger charge is 2.29. The fourth-order valence-electron chi connectivity index (χ4n) is 1.96. The average Bonchev–Trinajstić information content (AvgIpc) is 2.45. The van der Waals surface area contributed by atoms with E-state index in [-0.39, 0.29) is 22.5 Å². The van der Waals surface area contributed by atoms with Crippen molar-refractivity contribution in [2.75, 3.05) is 13.7 Å². The lowest BCUT2D eigenvalue weighted by Gasteiger charge is -2.30. The zero-order chi connectivity index (χ0) is 17.0. The molecular formula is C15H23NO5S. The van der Waals surface area contributed by atoms with E-state index in [9.17, 15) is 13.2 Å². The predicted octanol–water partition coefficient (Wildman–Crippen LogP) is 1.55. The monoisotopic (exact) mass is 329 g/mol. The SMILES string of the molecule is COC(=O)c1cccc(S(=O)(=O)N[C@@H](CCO)C(C)(C)C)c1. The Kier molecular flexibility index (Phi) is 6.10. The van der Waals surface area contributed by atoms with Crippen molar-refractivity contribution < 1.29 is 23.1 Å². The second-order valence-corrected chi connectivity index (χ2v) is 7.79. The van der Waals surface area contributed by atoms with Gasteiger partial charge in [0, 0.05) is 12.6 Å². The van der Waals surface area contributed by atoms with Crippen LogP contribution in [-0.2, 0) is 14.8 Å². The van der Waals surface area contributed by atoms with Gasteiger partial charge in [-0.25, -0.2) is 17.9 Å². The van der Waals surface area contributed by atoms with Gasteiger partial charge in [0.1, 0.15) is 0 Å². The average molecular weight is 329 g/mol. The lowest BCUT2D eigenvalue weighted by atomic mass is 9.86. The Hall–Kier alpha value is -1.44. The Balaban J connectivity index is 3.11. The lowest BCUT2D eigenvalue weighted by Crippen LogP contribution is -2.44. The minimum atomic E-state index is -3.80. The van der Waals surface area contributed by atoms with Gasteiger partial charge in [-0.1, -0.05) is 26.8 Å². The molecule has 124 valence electrons. The first-order valence-electron chi connectivity index (χ1n) is 6.93. The smallest absolute Gasteiger partial charge is 0.337 e. The highest BCUT2D eigenvalue weighted by molar-refractivity contribution is 7.89. The third kappa shape index (κ3) is 4.79. The van der Waals surface area contributed by atoms with Gasteiger partial charge in [-0.3, -0.25) is 0 Å². The summed E-state index contributed by atoms with van der Waals surface area (Å²) in [4.78, 5) is 11.5. The molecule has 1 rings (SSSR count). The largest absolute Gasteiger partial charge is 0.465 e. The van der Waals surface area contributed by atoms with Crippen LogP contribution in [0.25, 0.3) is 0 Å². The summed E-state index contributed by atoms with van der Waals surface area (Å²) in [5.74, 6) is -0.597. The fraction of sp³-hybridized carbons (Fsp3) is 0.533. The molecule has 0 aliphatic rings. The fourth-order valence-corrected chi connectivity index (χ4v) is 3.48. The second kappa shape index (κ2) is 7.21. The predicted molar refractivity (Wildman–Crippen MR) is 83.0 cm³/mol. The first kappa shape index (κ1) is 18.6. The molecule has 22 heavy (non-hydrogen) atoms. The van der Waals surface area contributed by atoms with Crippen LogP contribution in [0.4, 0.5) is 0 Å². The van der Waals surface area contributed by atoms with E-state index in [2.05, 4.69) is 9.46 Å². The third-order valence-corrected chi connectivity index (χ3v) is 4.80. The Morgan fingerprint density at radius 1 is 1.36 bits per heavy atom. The summed E-state index contributed by atoms with van der Waals surface area (Å²) in [5.41, 5.74) is -0.185. The number of ether oxygens (including phenoxy) is 1. The van der Waals surface area contributed by atoms with Gasteiger partial charge in [0.15, 0.2) is 0 Å². The summed E-state index contributed by atoms with van der Waals surface area (Å²) in [6.07, 6.45) is 0.305. The van der Waals surface area contributed by atoms with Crippen molar-refractivity contribution in [3.63, 3.8) is 0 Å². The van der Waals surface area contributed by atoms with Crippen LogP contribution in [-0.4, -0.2) is 39.3 Å². The minimum absolute atomic E-state index is 0.0115. The number of nitrogens with one attached hydrogen (secondary N) is 1. The van der Waals surface area contributed by atoms with E-state index in [4.69, 9.17) is 5.11 Å². The second-order valence-electron chi connectivity index (χ2n) is 6.07. The maximum atomic E-state index is 12.5. The molecule has 0 saturated carbocycles. The van der Waals surface area contributed by atoms with Gasteiger partial charge < -0.3 is 9.84 Å². The Bertz CT molecular complexity index is 619. The molecule has 0 fully saturated rings. The van der Waals surface area contributed by atoms with Crippen LogP contribution in [0, 0.1) is 5.41 Å². The summed E-state index contributed by atoms with van der Waals surface area (Å²) in [6.45, 7) is 5.55. The van der Waals surface area contributed by atoms with Crippen LogP contribution >= 0.6 is 0 Å². The summed E-state index contributed by atoms with van der Waals surface area (Å²) in [7, 11) is -2.56. The standard InChI is InChI=1S/C15H23NO5S/c1-15(2,3)13(8-9-17)16-22(19,20)12-7-5-6-11(10-12)14(18)21-4/h5-7,10,13,16-17H,8-9H2,1-4H3/t13-/m0/s1. The maximum Gasteiger partial charge on any atom is 0.337 e. The van der Waals surface area contributed by atoms with Crippen molar-refractivity contribution in [3.8, 4) is 0 Å². The molecule has 2 N–H and O–H groups in total. The first-order chi connectivity index (χ1) is 10.1. The molecule has 0 bridgehead atoms. The molecule has 0 aliphatic carbocycles.